The number of nitrogens with one attached hydrogen (secondary N) is 1. The molecule has 7 heteroatoms. The van der Waals surface area contributed by atoms with Crippen LogP contribution in [0.5, 0.6) is 11.5 Å². The van der Waals surface area contributed by atoms with Gasteiger partial charge in [0.05, 0.1) is 5.60 Å². The average Bonchev–Trinajstić information content (AvgIpc) is 3.13. The van der Waals surface area contributed by atoms with Gasteiger partial charge in [-0.05, 0) is 56.7 Å². The van der Waals surface area contributed by atoms with Gasteiger partial charge in [-0.1, -0.05) is 24.3 Å². The van der Waals surface area contributed by atoms with Crippen LogP contribution in [0.1, 0.15) is 25.1 Å². The summed E-state index contributed by atoms with van der Waals surface area (Å²) >= 11 is 0. The normalized spacial score (nSPS) is 11.0. The lowest BCUT2D eigenvalue weighted by Crippen LogP contribution is -2.17. The Balaban J connectivity index is 0.000000913. The van der Waals surface area contributed by atoms with E-state index in [0.29, 0.717) is 11.3 Å². The number of hydrogen-bond donors (Lipinski definition) is 3. The summed E-state index contributed by atoms with van der Waals surface area (Å²) in [4.78, 5) is 24.1. The number of aromatic amines is 1. The number of fused-ring (bicyclic) bond motifs is 1. The minimum absolute atomic E-state index is 0.0824. The number of aromatic nitrogens is 2. The van der Waals surface area contributed by atoms with Crippen molar-refractivity contribution in [1.29, 1.82) is 0 Å². The number of nitrogens with zero attached hydrogens (tertiary/aromatic N) is 1. The molecule has 0 radical (unpaired) electrons. The van der Waals surface area contributed by atoms with Crippen molar-refractivity contribution in [2.75, 3.05) is 0 Å². The average molecular weight is 434 g/mol. The maximum absolute atomic E-state index is 12.6. The van der Waals surface area contributed by atoms with E-state index in [0.717, 1.165) is 33.5 Å². The van der Waals surface area contributed by atoms with Gasteiger partial charge in [0.2, 0.25) is 0 Å². The van der Waals surface area contributed by atoms with E-state index < -0.39 is 5.60 Å². The Kier molecular flexibility index (Phi) is 6.50. The number of ether oxygens (including phenoxy) is 1. The van der Waals surface area contributed by atoms with E-state index in [1.54, 1.807) is 25.5 Å². The van der Waals surface area contributed by atoms with Crippen LogP contribution in [0.15, 0.2) is 65.6 Å². The van der Waals surface area contributed by atoms with Gasteiger partial charge in [0, 0.05) is 35.5 Å². The quantitative estimate of drug-likeness (QED) is 0.408. The Morgan fingerprint density at radius 1 is 1.06 bits per heavy atom. The molecular formula is C25H26N2O5. The molecule has 0 amide bonds. The van der Waals surface area contributed by atoms with Crippen LogP contribution >= 0.6 is 0 Å². The molecule has 0 fully saturated rings. The molecule has 166 valence electrons. The second kappa shape index (κ2) is 9.11. The van der Waals surface area contributed by atoms with E-state index >= 15 is 0 Å². The molecule has 2 aromatic heterocycles. The number of rotatable bonds is 4. The molecule has 32 heavy (non-hydrogen) atoms. The maximum Gasteiger partial charge on any atom is 0.290 e. The summed E-state index contributed by atoms with van der Waals surface area (Å²) in [5.74, 6) is 1.37. The molecule has 4 rings (SSSR count). The van der Waals surface area contributed by atoms with Crippen molar-refractivity contribution >= 4 is 17.4 Å². The monoisotopic (exact) mass is 434 g/mol. The Morgan fingerprint density at radius 2 is 1.72 bits per heavy atom. The number of para-hydroxylation sites is 1. The van der Waals surface area contributed by atoms with Crippen molar-refractivity contribution in [3.05, 3.63) is 82.4 Å². The molecule has 0 saturated heterocycles. The Labute approximate surface area is 185 Å². The Morgan fingerprint density at radius 3 is 2.34 bits per heavy atom. The number of pyridine rings is 1. The van der Waals surface area contributed by atoms with E-state index in [1.165, 1.54) is 0 Å². The molecule has 0 spiro atoms. The van der Waals surface area contributed by atoms with Crippen LogP contribution in [0.4, 0.5) is 0 Å². The maximum atomic E-state index is 12.6. The number of carbonyl (C=O) groups is 1. The molecule has 0 bridgehead atoms. The molecule has 0 aliphatic rings. The van der Waals surface area contributed by atoms with Crippen molar-refractivity contribution in [2.45, 2.75) is 26.4 Å². The largest absolute Gasteiger partial charge is 0.483 e. The summed E-state index contributed by atoms with van der Waals surface area (Å²) < 4.78 is 7.74. The van der Waals surface area contributed by atoms with E-state index in [9.17, 15) is 9.90 Å². The van der Waals surface area contributed by atoms with E-state index in [1.807, 2.05) is 67.7 Å². The summed E-state index contributed by atoms with van der Waals surface area (Å²) in [6, 6.07) is 17.2. The molecule has 0 atom stereocenters. The first kappa shape index (κ1) is 22.8. The summed E-state index contributed by atoms with van der Waals surface area (Å²) in [5, 5.41) is 18.3. The minimum Gasteiger partial charge on any atom is -0.483 e. The van der Waals surface area contributed by atoms with E-state index in [-0.39, 0.29) is 12.0 Å². The SMILES string of the molecule is Cc1cc2c(-c3cc(C(C)(C)O)ccc3Oc3ccccc3)cn(C)c(=O)c2[nH]1.O=CO. The molecule has 3 N–H and O–H groups in total. The van der Waals surface area contributed by atoms with E-state index in [4.69, 9.17) is 14.6 Å². The Hall–Kier alpha value is -3.84. The highest BCUT2D eigenvalue weighted by molar-refractivity contribution is 5.96. The molecule has 7 nitrogen and oxygen atoms in total. The zero-order valence-corrected chi connectivity index (χ0v) is 18.4. The third kappa shape index (κ3) is 4.73. The van der Waals surface area contributed by atoms with Crippen molar-refractivity contribution in [2.24, 2.45) is 7.05 Å². The van der Waals surface area contributed by atoms with Gasteiger partial charge in [-0.3, -0.25) is 9.59 Å². The molecule has 2 aromatic carbocycles. The molecular weight excluding hydrogens is 408 g/mol. The summed E-state index contributed by atoms with van der Waals surface area (Å²) in [5.41, 5.74) is 2.82. The fourth-order valence-corrected chi connectivity index (χ4v) is 3.51. The van der Waals surface area contributed by atoms with Crippen LogP contribution < -0.4 is 10.3 Å². The third-order valence-electron chi connectivity index (χ3n) is 5.05. The highest BCUT2D eigenvalue weighted by atomic mass is 16.5. The lowest BCUT2D eigenvalue weighted by atomic mass is 9.93. The second-order valence-corrected chi connectivity index (χ2v) is 7.99. The van der Waals surface area contributed by atoms with Crippen molar-refractivity contribution in [3.63, 3.8) is 0 Å². The topological polar surface area (TPSA) is 105 Å². The van der Waals surface area contributed by atoms with Crippen LogP contribution in [0.2, 0.25) is 0 Å². The summed E-state index contributed by atoms with van der Waals surface area (Å²) in [7, 11) is 1.74. The van der Waals surface area contributed by atoms with Gasteiger partial charge < -0.3 is 24.5 Å². The van der Waals surface area contributed by atoms with Crippen molar-refractivity contribution in [1.82, 2.24) is 9.55 Å². The number of aliphatic hydroxyl groups is 1. The minimum atomic E-state index is -1.01. The van der Waals surface area contributed by atoms with Gasteiger partial charge >= 0.3 is 0 Å². The fraction of sp³-hybridized carbons (Fsp3) is 0.200. The predicted octanol–water partition coefficient (Wildman–Crippen LogP) is 4.56. The van der Waals surface area contributed by atoms with E-state index in [2.05, 4.69) is 4.98 Å². The molecule has 2 heterocycles. The fourth-order valence-electron chi connectivity index (χ4n) is 3.51. The van der Waals surface area contributed by atoms with Crippen LogP contribution in [-0.4, -0.2) is 26.2 Å². The van der Waals surface area contributed by atoms with Crippen LogP contribution in [0, 0.1) is 6.92 Å². The van der Waals surface area contributed by atoms with Gasteiger partial charge in [0.15, 0.2) is 0 Å². The first-order chi connectivity index (χ1) is 15.2. The first-order valence-electron chi connectivity index (χ1n) is 10.0. The number of aryl methyl sites for hydroxylation is 2. The molecule has 0 saturated carbocycles. The van der Waals surface area contributed by atoms with Gasteiger partial charge in [-0.25, -0.2) is 0 Å². The van der Waals surface area contributed by atoms with Gasteiger partial charge in [0.1, 0.15) is 17.0 Å². The molecule has 0 aliphatic heterocycles. The van der Waals surface area contributed by atoms with Crippen molar-refractivity contribution < 1.29 is 19.7 Å². The summed E-state index contributed by atoms with van der Waals surface area (Å²) in [6.07, 6.45) is 1.82. The smallest absolute Gasteiger partial charge is 0.290 e. The van der Waals surface area contributed by atoms with Crippen LogP contribution in [0.25, 0.3) is 22.0 Å². The zero-order chi connectivity index (χ0) is 23.5. The van der Waals surface area contributed by atoms with Gasteiger partial charge in [-0.15, -0.1) is 0 Å². The first-order valence-corrected chi connectivity index (χ1v) is 10.0. The third-order valence-corrected chi connectivity index (χ3v) is 5.05. The van der Waals surface area contributed by atoms with Crippen molar-refractivity contribution in [3.8, 4) is 22.6 Å². The lowest BCUT2D eigenvalue weighted by Gasteiger charge is -2.21. The molecule has 4 aromatic rings. The standard InChI is InChI=1S/C24H24N2O3.CH2O2/c1-15-12-19-20(14-26(4)23(27)22(19)25-15)18-13-16(24(2,3)28)10-11-21(18)29-17-8-6-5-7-9-17;2-1-3/h5-14,25,28H,1-4H3;1H,(H,2,3). The second-order valence-electron chi connectivity index (χ2n) is 7.99. The van der Waals surface area contributed by atoms with Gasteiger partial charge in [0.25, 0.3) is 12.0 Å². The predicted molar refractivity (Wildman–Crippen MR) is 124 cm³/mol. The van der Waals surface area contributed by atoms with Gasteiger partial charge in [-0.2, -0.15) is 0 Å². The highest BCUT2D eigenvalue weighted by Crippen LogP contribution is 2.39. The zero-order valence-electron chi connectivity index (χ0n) is 18.4. The number of benzene rings is 2. The molecule has 0 unspecified atom stereocenters. The number of carboxylic acid groups (broad SMARTS) is 1. The number of H-pyrrole nitrogens is 1. The molecule has 0 aliphatic carbocycles. The lowest BCUT2D eigenvalue weighted by molar-refractivity contribution is -0.122. The van der Waals surface area contributed by atoms with Crippen LogP contribution in [0.3, 0.4) is 0 Å². The summed E-state index contributed by atoms with van der Waals surface area (Å²) in [6.45, 7) is 5.18. The van der Waals surface area contributed by atoms with Crippen LogP contribution in [-0.2, 0) is 17.4 Å². The highest BCUT2D eigenvalue weighted by Gasteiger charge is 2.21. The Bertz CT molecular complexity index is 1300. The number of hydrogen-bond acceptors (Lipinski definition) is 4.